The molecule has 0 N–H and O–H groups in total. The third-order valence-electron chi connectivity index (χ3n) is 2.51. The van der Waals surface area contributed by atoms with E-state index in [1.54, 1.807) is 19.4 Å². The van der Waals surface area contributed by atoms with Crippen molar-refractivity contribution in [2.45, 2.75) is 13.8 Å². The summed E-state index contributed by atoms with van der Waals surface area (Å²) in [5.74, 6) is 0.504. The zero-order chi connectivity index (χ0) is 12.4. The molecule has 0 fully saturated rings. The molecule has 0 aromatic heterocycles. The maximum absolute atomic E-state index is 5.04. The number of methoxy groups -OCH3 is 1. The minimum atomic E-state index is 0.504. The predicted octanol–water partition coefficient (Wildman–Crippen LogP) is 2.36. The summed E-state index contributed by atoms with van der Waals surface area (Å²) in [4.78, 5) is 6.40. The Labute approximate surface area is 99.5 Å². The maximum atomic E-state index is 5.04. The van der Waals surface area contributed by atoms with Crippen LogP contribution < -0.4 is 0 Å². The van der Waals surface area contributed by atoms with Gasteiger partial charge in [-0.1, -0.05) is 25.2 Å². The van der Waals surface area contributed by atoms with E-state index in [-0.39, 0.29) is 0 Å². The molecular weight excluding hydrogens is 200 g/mol. The molecule has 0 rings (SSSR count). The molecule has 0 radical (unpaired) electrons. The summed E-state index contributed by atoms with van der Waals surface area (Å²) < 4.78 is 5.04. The van der Waals surface area contributed by atoms with E-state index >= 15 is 0 Å². The van der Waals surface area contributed by atoms with Crippen LogP contribution in [0.1, 0.15) is 13.8 Å². The lowest BCUT2D eigenvalue weighted by atomic mass is 10.0. The fourth-order valence-electron chi connectivity index (χ4n) is 1.30. The minimum Gasteiger partial charge on any atom is -0.383 e. The van der Waals surface area contributed by atoms with Crippen LogP contribution in [0.4, 0.5) is 0 Å². The van der Waals surface area contributed by atoms with E-state index in [0.29, 0.717) is 5.92 Å². The highest BCUT2D eigenvalue weighted by Gasteiger charge is 2.07. The van der Waals surface area contributed by atoms with E-state index in [1.165, 1.54) is 5.57 Å². The van der Waals surface area contributed by atoms with Crippen LogP contribution in [0.3, 0.4) is 0 Å². The van der Waals surface area contributed by atoms with Crippen molar-refractivity contribution in [3.05, 3.63) is 24.4 Å². The van der Waals surface area contributed by atoms with Crippen LogP contribution in [0.5, 0.6) is 0 Å². The SMILES string of the molecule is C=CC=N/C=C(\C)C(C)CN(C)CCOC. The Kier molecular flexibility index (Phi) is 8.77. The van der Waals surface area contributed by atoms with Gasteiger partial charge in [0, 0.05) is 32.6 Å². The van der Waals surface area contributed by atoms with Gasteiger partial charge in [0.25, 0.3) is 0 Å². The summed E-state index contributed by atoms with van der Waals surface area (Å²) in [5, 5.41) is 0. The summed E-state index contributed by atoms with van der Waals surface area (Å²) in [6.07, 6.45) is 5.28. The second kappa shape index (κ2) is 9.31. The Morgan fingerprint density at radius 3 is 2.81 bits per heavy atom. The van der Waals surface area contributed by atoms with E-state index in [2.05, 4.69) is 37.4 Å². The lowest BCUT2D eigenvalue weighted by Gasteiger charge is -2.21. The van der Waals surface area contributed by atoms with Crippen molar-refractivity contribution in [3.8, 4) is 0 Å². The van der Waals surface area contributed by atoms with Crippen molar-refractivity contribution >= 4 is 6.21 Å². The smallest absolute Gasteiger partial charge is 0.0589 e. The molecule has 0 aliphatic rings. The Morgan fingerprint density at radius 1 is 1.56 bits per heavy atom. The molecule has 16 heavy (non-hydrogen) atoms. The van der Waals surface area contributed by atoms with E-state index in [9.17, 15) is 0 Å². The monoisotopic (exact) mass is 224 g/mol. The molecule has 3 heteroatoms. The summed E-state index contributed by atoms with van der Waals surface area (Å²) in [5.41, 5.74) is 1.28. The van der Waals surface area contributed by atoms with Gasteiger partial charge in [-0.3, -0.25) is 4.99 Å². The number of hydrogen-bond donors (Lipinski definition) is 0. The van der Waals surface area contributed by atoms with Crippen molar-refractivity contribution < 1.29 is 4.74 Å². The highest BCUT2D eigenvalue weighted by molar-refractivity contribution is 5.70. The van der Waals surface area contributed by atoms with Gasteiger partial charge in [0.15, 0.2) is 0 Å². The first-order valence-electron chi connectivity index (χ1n) is 5.60. The number of hydrogen-bond acceptors (Lipinski definition) is 3. The van der Waals surface area contributed by atoms with E-state index < -0.39 is 0 Å². The normalized spacial score (nSPS) is 14.7. The minimum absolute atomic E-state index is 0.504. The molecule has 0 aliphatic carbocycles. The van der Waals surface area contributed by atoms with Crippen LogP contribution in [-0.4, -0.2) is 45.0 Å². The zero-order valence-electron chi connectivity index (χ0n) is 10.9. The van der Waals surface area contributed by atoms with Gasteiger partial charge in [-0.25, -0.2) is 0 Å². The summed E-state index contributed by atoms with van der Waals surface area (Å²) >= 11 is 0. The third kappa shape index (κ3) is 7.37. The standard InChI is InChI=1S/C13H24N2O/c1-6-7-14-10-12(2)13(3)11-15(4)8-9-16-5/h6-7,10,13H,1,8-9,11H2,2-5H3/b12-10+,14-7?. The number of ether oxygens (including phenoxy) is 1. The lowest BCUT2D eigenvalue weighted by Crippen LogP contribution is -2.28. The van der Waals surface area contributed by atoms with Crippen LogP contribution >= 0.6 is 0 Å². The van der Waals surface area contributed by atoms with Gasteiger partial charge < -0.3 is 9.64 Å². The number of rotatable bonds is 8. The molecule has 0 spiro atoms. The fraction of sp³-hybridized carbons (Fsp3) is 0.615. The summed E-state index contributed by atoms with van der Waals surface area (Å²) in [7, 11) is 3.84. The highest BCUT2D eigenvalue weighted by atomic mass is 16.5. The Hall–Kier alpha value is -0.930. The summed E-state index contributed by atoms with van der Waals surface area (Å²) in [6, 6.07) is 0. The molecule has 0 aliphatic heterocycles. The highest BCUT2D eigenvalue weighted by Crippen LogP contribution is 2.10. The van der Waals surface area contributed by atoms with Crippen LogP contribution in [0.25, 0.3) is 0 Å². The molecule has 1 unspecified atom stereocenters. The van der Waals surface area contributed by atoms with Crippen molar-refractivity contribution in [2.24, 2.45) is 10.9 Å². The van der Waals surface area contributed by atoms with Crippen LogP contribution in [-0.2, 0) is 4.74 Å². The Balaban J connectivity index is 4.03. The number of nitrogens with zero attached hydrogens (tertiary/aromatic N) is 2. The molecule has 3 nitrogen and oxygen atoms in total. The van der Waals surface area contributed by atoms with Gasteiger partial charge in [-0.15, -0.1) is 0 Å². The molecule has 0 saturated carbocycles. The van der Waals surface area contributed by atoms with Crippen LogP contribution in [0.15, 0.2) is 29.4 Å². The molecule has 0 saturated heterocycles. The zero-order valence-corrected chi connectivity index (χ0v) is 10.9. The molecule has 0 aromatic carbocycles. The van der Waals surface area contributed by atoms with Gasteiger partial charge in [0.05, 0.1) is 6.61 Å². The molecular formula is C13H24N2O. The van der Waals surface area contributed by atoms with Crippen molar-refractivity contribution in [3.63, 3.8) is 0 Å². The first-order chi connectivity index (χ1) is 7.61. The van der Waals surface area contributed by atoms with Crippen molar-refractivity contribution in [1.82, 2.24) is 4.90 Å². The van der Waals surface area contributed by atoms with Crippen LogP contribution in [0.2, 0.25) is 0 Å². The largest absolute Gasteiger partial charge is 0.383 e. The van der Waals surface area contributed by atoms with E-state index in [4.69, 9.17) is 4.74 Å². The average Bonchev–Trinajstić information content (AvgIpc) is 2.26. The van der Waals surface area contributed by atoms with Gasteiger partial charge in [-0.05, 0) is 19.9 Å². The first kappa shape index (κ1) is 15.1. The molecule has 1 atom stereocenters. The fourth-order valence-corrected chi connectivity index (χ4v) is 1.30. The van der Waals surface area contributed by atoms with Gasteiger partial charge in [0.2, 0.25) is 0 Å². The number of allylic oxidation sites excluding steroid dienone is 1. The number of aliphatic imine (C=N–C) groups is 1. The quantitative estimate of drug-likeness (QED) is 0.591. The molecule has 0 bridgehead atoms. The van der Waals surface area contributed by atoms with Crippen molar-refractivity contribution in [1.29, 1.82) is 0 Å². The molecule has 0 aromatic rings. The van der Waals surface area contributed by atoms with Crippen molar-refractivity contribution in [2.75, 3.05) is 33.9 Å². The Bertz CT molecular complexity index is 246. The number of likely N-dealkylation sites (N-methyl/N-ethyl adjacent to an activating group) is 1. The lowest BCUT2D eigenvalue weighted by molar-refractivity contribution is 0.156. The third-order valence-corrected chi connectivity index (χ3v) is 2.51. The molecule has 92 valence electrons. The van der Waals surface area contributed by atoms with E-state index in [0.717, 1.165) is 19.7 Å². The van der Waals surface area contributed by atoms with Gasteiger partial charge in [-0.2, -0.15) is 0 Å². The average molecular weight is 224 g/mol. The van der Waals surface area contributed by atoms with Gasteiger partial charge >= 0.3 is 0 Å². The van der Waals surface area contributed by atoms with Gasteiger partial charge in [0.1, 0.15) is 0 Å². The molecule has 0 heterocycles. The second-order valence-corrected chi connectivity index (χ2v) is 4.06. The first-order valence-corrected chi connectivity index (χ1v) is 5.60. The Morgan fingerprint density at radius 2 is 2.25 bits per heavy atom. The molecule has 0 amide bonds. The predicted molar refractivity (Wildman–Crippen MR) is 71.0 cm³/mol. The van der Waals surface area contributed by atoms with Crippen LogP contribution in [0, 0.1) is 5.92 Å². The summed E-state index contributed by atoms with van der Waals surface area (Å²) in [6.45, 7) is 10.7. The van der Waals surface area contributed by atoms with E-state index in [1.807, 2.05) is 6.20 Å². The topological polar surface area (TPSA) is 24.8 Å². The second-order valence-electron chi connectivity index (χ2n) is 4.06. The maximum Gasteiger partial charge on any atom is 0.0589 e.